The summed E-state index contributed by atoms with van der Waals surface area (Å²) in [5.74, 6) is 2.25. The molecular formula is C19H27N5. The fourth-order valence-corrected chi connectivity index (χ4v) is 2.51. The Morgan fingerprint density at radius 1 is 1.08 bits per heavy atom. The second-order valence-electron chi connectivity index (χ2n) is 6.85. The molecule has 5 nitrogen and oxygen atoms in total. The highest BCUT2D eigenvalue weighted by Gasteiger charge is 2.26. The van der Waals surface area contributed by atoms with Crippen LogP contribution in [-0.2, 0) is 6.54 Å². The molecule has 1 aromatic heterocycles. The predicted octanol–water partition coefficient (Wildman–Crippen LogP) is 3.25. The maximum Gasteiger partial charge on any atom is 0.224 e. The molecule has 1 saturated carbocycles. The monoisotopic (exact) mass is 325 g/mol. The molecule has 0 unspecified atom stereocenters. The Bertz CT molecular complexity index is 662. The first-order valence-corrected chi connectivity index (χ1v) is 8.67. The molecule has 2 aromatic rings. The zero-order valence-electron chi connectivity index (χ0n) is 14.8. The van der Waals surface area contributed by atoms with Crippen LogP contribution in [0.4, 0.5) is 11.8 Å². The summed E-state index contributed by atoms with van der Waals surface area (Å²) < 4.78 is 0. The van der Waals surface area contributed by atoms with Gasteiger partial charge >= 0.3 is 0 Å². The van der Waals surface area contributed by atoms with Crippen molar-refractivity contribution in [3.63, 3.8) is 0 Å². The van der Waals surface area contributed by atoms with E-state index in [1.54, 1.807) is 0 Å². The van der Waals surface area contributed by atoms with E-state index < -0.39 is 0 Å². The summed E-state index contributed by atoms with van der Waals surface area (Å²) in [6, 6.07) is 10.7. The highest BCUT2D eigenvalue weighted by molar-refractivity contribution is 5.44. The number of rotatable bonds is 8. The molecule has 2 N–H and O–H groups in total. The molecule has 1 aliphatic carbocycles. The van der Waals surface area contributed by atoms with E-state index in [-0.39, 0.29) is 0 Å². The molecule has 0 radical (unpaired) electrons. The fraction of sp³-hybridized carbons (Fsp3) is 0.474. The lowest BCUT2D eigenvalue weighted by Crippen LogP contribution is -2.21. The smallest absolute Gasteiger partial charge is 0.224 e. The van der Waals surface area contributed by atoms with E-state index in [1.807, 2.05) is 0 Å². The third kappa shape index (κ3) is 4.93. The minimum atomic E-state index is 0.613. The van der Waals surface area contributed by atoms with Crippen LogP contribution in [-0.4, -0.2) is 42.1 Å². The maximum absolute atomic E-state index is 4.68. The first-order valence-electron chi connectivity index (χ1n) is 8.67. The van der Waals surface area contributed by atoms with Crippen LogP contribution < -0.4 is 10.6 Å². The van der Waals surface area contributed by atoms with Crippen molar-refractivity contribution in [1.29, 1.82) is 0 Å². The molecule has 0 atom stereocenters. The zero-order chi connectivity index (χ0) is 16.9. The molecule has 1 heterocycles. The molecule has 0 amide bonds. The van der Waals surface area contributed by atoms with Gasteiger partial charge in [0.15, 0.2) is 0 Å². The predicted molar refractivity (Wildman–Crippen MR) is 99.6 cm³/mol. The number of nitrogens with zero attached hydrogens (tertiary/aromatic N) is 3. The third-order valence-corrected chi connectivity index (χ3v) is 4.18. The number of anilines is 2. The molecule has 1 aromatic carbocycles. The first kappa shape index (κ1) is 16.7. The van der Waals surface area contributed by atoms with Crippen LogP contribution in [0, 0.1) is 6.92 Å². The summed E-state index contributed by atoms with van der Waals surface area (Å²) in [5, 5.41) is 6.78. The Morgan fingerprint density at radius 3 is 2.50 bits per heavy atom. The van der Waals surface area contributed by atoms with Gasteiger partial charge in [0.05, 0.1) is 5.69 Å². The Balaban J connectivity index is 1.66. The van der Waals surface area contributed by atoms with Crippen LogP contribution in [0.15, 0.2) is 30.3 Å². The second-order valence-corrected chi connectivity index (χ2v) is 6.85. The van der Waals surface area contributed by atoms with E-state index in [2.05, 4.69) is 76.9 Å². The Hall–Kier alpha value is -2.14. The van der Waals surface area contributed by atoms with Gasteiger partial charge in [-0.05, 0) is 39.4 Å². The molecule has 1 fully saturated rings. The topological polar surface area (TPSA) is 53.1 Å². The van der Waals surface area contributed by atoms with E-state index in [1.165, 1.54) is 24.0 Å². The van der Waals surface area contributed by atoms with Crippen molar-refractivity contribution < 1.29 is 0 Å². The average molecular weight is 325 g/mol. The minimum Gasteiger partial charge on any atom is -0.366 e. The lowest BCUT2D eigenvalue weighted by Gasteiger charge is -2.13. The van der Waals surface area contributed by atoms with Gasteiger partial charge in [-0.25, -0.2) is 4.98 Å². The number of likely N-dealkylation sites (N-methyl/N-ethyl adjacent to an activating group) is 1. The minimum absolute atomic E-state index is 0.613. The molecule has 24 heavy (non-hydrogen) atoms. The van der Waals surface area contributed by atoms with E-state index in [9.17, 15) is 0 Å². The molecule has 0 bridgehead atoms. The van der Waals surface area contributed by atoms with Gasteiger partial charge in [0.25, 0.3) is 0 Å². The fourth-order valence-electron chi connectivity index (χ4n) is 2.51. The molecule has 128 valence electrons. The Labute approximate surface area is 144 Å². The number of hydrogen-bond acceptors (Lipinski definition) is 5. The normalized spacial score (nSPS) is 14.0. The summed E-state index contributed by atoms with van der Waals surface area (Å²) in [5.41, 5.74) is 3.70. The van der Waals surface area contributed by atoms with E-state index in [0.29, 0.717) is 5.92 Å². The summed E-state index contributed by atoms with van der Waals surface area (Å²) >= 11 is 0. The van der Waals surface area contributed by atoms with E-state index in [0.717, 1.165) is 37.1 Å². The summed E-state index contributed by atoms with van der Waals surface area (Å²) in [4.78, 5) is 11.4. The summed E-state index contributed by atoms with van der Waals surface area (Å²) in [6.45, 7) is 4.69. The number of benzene rings is 1. The molecule has 0 aliphatic heterocycles. The number of hydrogen-bond donors (Lipinski definition) is 2. The average Bonchev–Trinajstić information content (AvgIpc) is 3.39. The number of aryl methyl sites for hydroxylation is 1. The highest BCUT2D eigenvalue weighted by atomic mass is 15.2. The lowest BCUT2D eigenvalue weighted by atomic mass is 10.1. The van der Waals surface area contributed by atoms with Crippen LogP contribution in [0.25, 0.3) is 0 Å². The molecule has 0 saturated heterocycles. The summed E-state index contributed by atoms with van der Waals surface area (Å²) in [7, 11) is 4.13. The van der Waals surface area contributed by atoms with Crippen molar-refractivity contribution in [2.75, 3.05) is 37.8 Å². The van der Waals surface area contributed by atoms with Gasteiger partial charge in [-0.2, -0.15) is 4.98 Å². The third-order valence-electron chi connectivity index (χ3n) is 4.18. The van der Waals surface area contributed by atoms with Crippen molar-refractivity contribution >= 4 is 11.8 Å². The van der Waals surface area contributed by atoms with Crippen molar-refractivity contribution in [2.45, 2.75) is 32.2 Å². The van der Waals surface area contributed by atoms with Gasteiger partial charge in [0.1, 0.15) is 5.82 Å². The molecule has 3 rings (SSSR count). The van der Waals surface area contributed by atoms with Crippen LogP contribution in [0.1, 0.15) is 35.6 Å². The molecule has 5 heteroatoms. The standard InChI is InChI=1S/C19H27N5/c1-14-4-6-15(7-5-14)13-21-18-12-17(16-8-9-16)22-19(23-18)20-10-11-24(2)3/h4-7,12,16H,8-11,13H2,1-3H3,(H2,20,21,22,23). The first-order chi connectivity index (χ1) is 11.6. The van der Waals surface area contributed by atoms with Gasteiger partial charge < -0.3 is 15.5 Å². The SMILES string of the molecule is Cc1ccc(CNc2cc(C3CC3)nc(NCCN(C)C)n2)cc1. The van der Waals surface area contributed by atoms with Crippen molar-refractivity contribution in [3.8, 4) is 0 Å². The Kier molecular flexibility index (Phi) is 5.30. The van der Waals surface area contributed by atoms with E-state index >= 15 is 0 Å². The largest absolute Gasteiger partial charge is 0.366 e. The van der Waals surface area contributed by atoms with Crippen LogP contribution in [0.5, 0.6) is 0 Å². The molecular weight excluding hydrogens is 298 g/mol. The Morgan fingerprint density at radius 2 is 1.83 bits per heavy atom. The van der Waals surface area contributed by atoms with Crippen LogP contribution in [0.3, 0.4) is 0 Å². The van der Waals surface area contributed by atoms with Crippen LogP contribution in [0.2, 0.25) is 0 Å². The quantitative estimate of drug-likeness (QED) is 0.780. The summed E-state index contributed by atoms with van der Waals surface area (Å²) in [6.07, 6.45) is 2.48. The molecule has 1 aliphatic rings. The zero-order valence-corrected chi connectivity index (χ0v) is 14.8. The van der Waals surface area contributed by atoms with Crippen molar-refractivity contribution in [1.82, 2.24) is 14.9 Å². The van der Waals surface area contributed by atoms with Gasteiger partial charge in [0.2, 0.25) is 5.95 Å². The van der Waals surface area contributed by atoms with Gasteiger partial charge in [-0.15, -0.1) is 0 Å². The van der Waals surface area contributed by atoms with Crippen LogP contribution >= 0.6 is 0 Å². The van der Waals surface area contributed by atoms with E-state index in [4.69, 9.17) is 0 Å². The van der Waals surface area contributed by atoms with Gasteiger partial charge in [0, 0.05) is 31.6 Å². The van der Waals surface area contributed by atoms with Crippen molar-refractivity contribution in [3.05, 3.63) is 47.2 Å². The molecule has 0 spiro atoms. The van der Waals surface area contributed by atoms with Gasteiger partial charge in [-0.3, -0.25) is 0 Å². The number of aromatic nitrogens is 2. The maximum atomic E-state index is 4.68. The lowest BCUT2D eigenvalue weighted by molar-refractivity contribution is 0.425. The second kappa shape index (κ2) is 7.62. The number of nitrogens with one attached hydrogen (secondary N) is 2. The van der Waals surface area contributed by atoms with Crippen molar-refractivity contribution in [2.24, 2.45) is 0 Å². The highest BCUT2D eigenvalue weighted by Crippen LogP contribution is 2.39. The van der Waals surface area contributed by atoms with Gasteiger partial charge in [-0.1, -0.05) is 29.8 Å².